The number of carbonyl (C=O) groups excluding carboxylic acids is 2. The zero-order valence-corrected chi connectivity index (χ0v) is 14.5. The molecular weight excluding hydrogens is 330 g/mol. The Bertz CT molecular complexity index is 851. The van der Waals surface area contributed by atoms with Crippen LogP contribution in [0.15, 0.2) is 22.6 Å². The SMILES string of the molecule is Cc1c(C(=O)Nc2cc(Cl)ccc2O)oc2c1C(=O)CC(C)(C)C2. The van der Waals surface area contributed by atoms with Crippen LogP contribution in [-0.2, 0) is 6.42 Å². The Balaban J connectivity index is 1.95. The number of phenols is 1. The molecule has 0 unspecified atom stereocenters. The third-order valence-corrected chi connectivity index (χ3v) is 4.42. The Hall–Kier alpha value is -2.27. The van der Waals surface area contributed by atoms with Gasteiger partial charge in [-0.2, -0.15) is 0 Å². The zero-order chi connectivity index (χ0) is 17.6. The minimum Gasteiger partial charge on any atom is -0.506 e. The first-order valence-corrected chi connectivity index (χ1v) is 8.01. The van der Waals surface area contributed by atoms with Gasteiger partial charge in [-0.05, 0) is 30.5 Å². The molecule has 0 fully saturated rings. The molecule has 2 N–H and O–H groups in total. The van der Waals surface area contributed by atoms with Gasteiger partial charge in [0.2, 0.25) is 0 Å². The molecule has 0 spiro atoms. The van der Waals surface area contributed by atoms with Gasteiger partial charge in [0.05, 0.1) is 11.3 Å². The largest absolute Gasteiger partial charge is 0.506 e. The Labute approximate surface area is 144 Å². The number of hydrogen-bond donors (Lipinski definition) is 2. The first-order valence-electron chi connectivity index (χ1n) is 7.63. The highest BCUT2D eigenvalue weighted by atomic mass is 35.5. The maximum absolute atomic E-state index is 12.5. The first-order chi connectivity index (χ1) is 11.2. The van der Waals surface area contributed by atoms with Gasteiger partial charge in [0.25, 0.3) is 5.91 Å². The molecule has 126 valence electrons. The van der Waals surface area contributed by atoms with Gasteiger partial charge in [0.15, 0.2) is 11.5 Å². The average Bonchev–Trinajstić information content (AvgIpc) is 2.78. The topological polar surface area (TPSA) is 79.5 Å². The lowest BCUT2D eigenvalue weighted by Gasteiger charge is -2.27. The van der Waals surface area contributed by atoms with Crippen molar-refractivity contribution in [2.24, 2.45) is 5.41 Å². The molecule has 0 saturated heterocycles. The number of phenolic OH excluding ortho intramolecular Hbond substituents is 1. The number of anilines is 1. The molecule has 0 radical (unpaired) electrons. The quantitative estimate of drug-likeness (QED) is 0.791. The van der Waals surface area contributed by atoms with E-state index in [0.717, 1.165) is 0 Å². The third kappa shape index (κ3) is 2.91. The third-order valence-electron chi connectivity index (χ3n) is 4.19. The van der Waals surface area contributed by atoms with Crippen LogP contribution in [0.5, 0.6) is 5.75 Å². The molecule has 0 atom stereocenters. The Morgan fingerprint density at radius 1 is 1.33 bits per heavy atom. The van der Waals surface area contributed by atoms with Gasteiger partial charge in [-0.3, -0.25) is 9.59 Å². The first kappa shape index (κ1) is 16.6. The van der Waals surface area contributed by atoms with E-state index in [2.05, 4.69) is 5.32 Å². The number of rotatable bonds is 2. The minimum absolute atomic E-state index is 0.00727. The molecule has 1 amide bonds. The second-order valence-electron chi connectivity index (χ2n) is 6.91. The second kappa shape index (κ2) is 5.67. The summed E-state index contributed by atoms with van der Waals surface area (Å²) in [7, 11) is 0. The smallest absolute Gasteiger partial charge is 0.291 e. The van der Waals surface area contributed by atoms with Crippen molar-refractivity contribution in [3.05, 3.63) is 45.9 Å². The van der Waals surface area contributed by atoms with E-state index in [1.54, 1.807) is 6.92 Å². The number of halogens is 1. The molecule has 3 rings (SSSR count). The molecular formula is C18H18ClNO4. The monoisotopic (exact) mass is 347 g/mol. The maximum Gasteiger partial charge on any atom is 0.291 e. The van der Waals surface area contributed by atoms with Crippen molar-refractivity contribution >= 4 is 29.0 Å². The summed E-state index contributed by atoms with van der Waals surface area (Å²) in [5.41, 5.74) is 1.04. The molecule has 1 heterocycles. The molecule has 2 aromatic rings. The predicted octanol–water partition coefficient (Wildman–Crippen LogP) is 4.35. The summed E-state index contributed by atoms with van der Waals surface area (Å²) in [6.45, 7) is 5.69. The van der Waals surface area contributed by atoms with Crippen LogP contribution < -0.4 is 5.32 Å². The second-order valence-corrected chi connectivity index (χ2v) is 7.35. The Morgan fingerprint density at radius 2 is 2.04 bits per heavy atom. The summed E-state index contributed by atoms with van der Waals surface area (Å²) in [5, 5.41) is 12.8. The van der Waals surface area contributed by atoms with Crippen LogP contribution in [0.25, 0.3) is 0 Å². The van der Waals surface area contributed by atoms with Gasteiger partial charge >= 0.3 is 0 Å². The molecule has 1 aromatic heterocycles. The van der Waals surface area contributed by atoms with E-state index in [0.29, 0.717) is 34.8 Å². The van der Waals surface area contributed by atoms with Crippen LogP contribution in [0.4, 0.5) is 5.69 Å². The number of benzene rings is 1. The van der Waals surface area contributed by atoms with Crippen LogP contribution in [-0.4, -0.2) is 16.8 Å². The molecule has 24 heavy (non-hydrogen) atoms. The van der Waals surface area contributed by atoms with Crippen molar-refractivity contribution in [1.29, 1.82) is 0 Å². The van der Waals surface area contributed by atoms with Crippen molar-refractivity contribution in [3.8, 4) is 5.75 Å². The molecule has 0 saturated carbocycles. The van der Waals surface area contributed by atoms with Crippen molar-refractivity contribution in [1.82, 2.24) is 0 Å². The highest BCUT2D eigenvalue weighted by Crippen LogP contribution is 2.38. The summed E-state index contributed by atoms with van der Waals surface area (Å²) >= 11 is 5.88. The van der Waals surface area contributed by atoms with Crippen LogP contribution in [0.3, 0.4) is 0 Å². The van der Waals surface area contributed by atoms with Crippen molar-refractivity contribution in [2.45, 2.75) is 33.6 Å². The summed E-state index contributed by atoms with van der Waals surface area (Å²) in [6, 6.07) is 4.36. The van der Waals surface area contributed by atoms with Gasteiger partial charge in [0, 0.05) is 23.4 Å². The summed E-state index contributed by atoms with van der Waals surface area (Å²) < 4.78 is 5.70. The lowest BCUT2D eigenvalue weighted by Crippen LogP contribution is -2.26. The number of ketones is 1. The van der Waals surface area contributed by atoms with Crippen molar-refractivity contribution in [3.63, 3.8) is 0 Å². The standard InChI is InChI=1S/C18H18ClNO4/c1-9-15-13(22)7-18(2,3)8-14(15)24-16(9)17(23)20-11-6-10(19)4-5-12(11)21/h4-6,21H,7-8H2,1-3H3,(H,20,23). The number of hydrogen-bond acceptors (Lipinski definition) is 4. The van der Waals surface area contributed by atoms with E-state index in [1.165, 1.54) is 18.2 Å². The highest BCUT2D eigenvalue weighted by Gasteiger charge is 2.37. The molecule has 5 nitrogen and oxygen atoms in total. The number of fused-ring (bicyclic) bond motifs is 1. The van der Waals surface area contributed by atoms with Crippen LogP contribution in [0, 0.1) is 12.3 Å². The number of Topliss-reactive ketones (excluding diaryl/α,β-unsaturated/α-hetero) is 1. The predicted molar refractivity (Wildman–Crippen MR) is 90.9 cm³/mol. The van der Waals surface area contributed by atoms with Gasteiger partial charge in [-0.25, -0.2) is 0 Å². The fourth-order valence-corrected chi connectivity index (χ4v) is 3.26. The normalized spacial score (nSPS) is 15.9. The lowest BCUT2D eigenvalue weighted by atomic mass is 9.76. The summed E-state index contributed by atoms with van der Waals surface area (Å²) in [6.07, 6.45) is 1.03. The molecule has 1 aliphatic carbocycles. The Morgan fingerprint density at radius 3 is 2.75 bits per heavy atom. The average molecular weight is 348 g/mol. The molecule has 0 bridgehead atoms. The Kier molecular flexibility index (Phi) is 3.92. The zero-order valence-electron chi connectivity index (χ0n) is 13.7. The van der Waals surface area contributed by atoms with Crippen LogP contribution in [0.2, 0.25) is 5.02 Å². The number of furan rings is 1. The van der Waals surface area contributed by atoms with E-state index in [4.69, 9.17) is 16.0 Å². The van der Waals surface area contributed by atoms with E-state index in [9.17, 15) is 14.7 Å². The van der Waals surface area contributed by atoms with E-state index in [1.807, 2.05) is 13.8 Å². The number of carbonyl (C=O) groups is 2. The molecule has 0 aliphatic heterocycles. The maximum atomic E-state index is 12.5. The van der Waals surface area contributed by atoms with Crippen molar-refractivity contribution in [2.75, 3.05) is 5.32 Å². The van der Waals surface area contributed by atoms with Gasteiger partial charge in [-0.15, -0.1) is 0 Å². The number of amides is 1. The van der Waals surface area contributed by atoms with E-state index < -0.39 is 5.91 Å². The highest BCUT2D eigenvalue weighted by molar-refractivity contribution is 6.31. The number of nitrogens with one attached hydrogen (secondary N) is 1. The van der Waals surface area contributed by atoms with Crippen LogP contribution in [0.1, 0.15) is 52.5 Å². The van der Waals surface area contributed by atoms with Gasteiger partial charge in [-0.1, -0.05) is 25.4 Å². The molecule has 1 aliphatic rings. The fourth-order valence-electron chi connectivity index (χ4n) is 3.09. The fraction of sp³-hybridized carbons (Fsp3) is 0.333. The summed E-state index contributed by atoms with van der Waals surface area (Å²) in [5.74, 6) is 0.01000. The van der Waals surface area contributed by atoms with E-state index >= 15 is 0 Å². The van der Waals surface area contributed by atoms with Gasteiger partial charge < -0.3 is 14.8 Å². The van der Waals surface area contributed by atoms with Crippen LogP contribution >= 0.6 is 11.6 Å². The molecule has 1 aromatic carbocycles. The lowest BCUT2D eigenvalue weighted by molar-refractivity contribution is 0.0898. The van der Waals surface area contributed by atoms with Crippen molar-refractivity contribution < 1.29 is 19.1 Å². The number of aromatic hydroxyl groups is 1. The van der Waals surface area contributed by atoms with E-state index in [-0.39, 0.29) is 28.4 Å². The summed E-state index contributed by atoms with van der Waals surface area (Å²) in [4.78, 5) is 24.9. The van der Waals surface area contributed by atoms with Gasteiger partial charge in [0.1, 0.15) is 11.5 Å². The minimum atomic E-state index is -0.523. The molecule has 6 heteroatoms.